The summed E-state index contributed by atoms with van der Waals surface area (Å²) in [7, 11) is -3.64. The van der Waals surface area contributed by atoms with Crippen LogP contribution in [0.2, 0.25) is 0 Å². The van der Waals surface area contributed by atoms with Gasteiger partial charge in [0.1, 0.15) is 0 Å². The fourth-order valence-corrected chi connectivity index (χ4v) is 2.13. The van der Waals surface area contributed by atoms with Crippen LogP contribution in [0.25, 0.3) is 0 Å². The number of rotatable bonds is 4. The first kappa shape index (κ1) is 16.5. The van der Waals surface area contributed by atoms with E-state index in [1.807, 2.05) is 4.72 Å². The Balaban J connectivity index is 2.72. The molecule has 0 aliphatic heterocycles. The second kappa shape index (κ2) is 5.82. The van der Waals surface area contributed by atoms with E-state index in [0.29, 0.717) is 5.56 Å². The highest BCUT2D eigenvalue weighted by atomic mass is 32.2. The van der Waals surface area contributed by atoms with E-state index in [0.717, 1.165) is 18.4 Å². The van der Waals surface area contributed by atoms with Crippen molar-refractivity contribution in [2.24, 2.45) is 5.92 Å². The van der Waals surface area contributed by atoms with E-state index in [2.05, 4.69) is 0 Å². The van der Waals surface area contributed by atoms with Crippen molar-refractivity contribution in [3.63, 3.8) is 0 Å². The van der Waals surface area contributed by atoms with Crippen molar-refractivity contribution in [1.82, 2.24) is 4.72 Å². The SMILES string of the molecule is C[C@H](Cc1ccc(C(F)(F)F)cc1)C(=O)NS(C)(=O)=O. The number of benzene rings is 1. The molecule has 0 heterocycles. The fraction of sp³-hybridized carbons (Fsp3) is 0.417. The summed E-state index contributed by atoms with van der Waals surface area (Å²) in [6.07, 6.45) is -3.40. The lowest BCUT2D eigenvalue weighted by molar-refractivity contribution is -0.137. The Kier molecular flexibility index (Phi) is 4.80. The quantitative estimate of drug-likeness (QED) is 0.925. The second-order valence-corrected chi connectivity index (χ2v) is 6.29. The molecular formula is C12H14F3NO3S. The van der Waals surface area contributed by atoms with Gasteiger partial charge in [0.2, 0.25) is 15.9 Å². The molecule has 0 spiro atoms. The number of hydrogen-bond donors (Lipinski definition) is 1. The first-order valence-electron chi connectivity index (χ1n) is 5.67. The minimum Gasteiger partial charge on any atom is -0.274 e. The number of carbonyl (C=O) groups is 1. The largest absolute Gasteiger partial charge is 0.416 e. The van der Waals surface area contributed by atoms with Crippen LogP contribution in [0.15, 0.2) is 24.3 Å². The van der Waals surface area contributed by atoms with E-state index in [-0.39, 0.29) is 6.42 Å². The number of halogens is 3. The molecule has 0 saturated heterocycles. The zero-order chi connectivity index (χ0) is 15.6. The predicted molar refractivity (Wildman–Crippen MR) is 67.3 cm³/mol. The Morgan fingerprint density at radius 2 is 1.75 bits per heavy atom. The van der Waals surface area contributed by atoms with Crippen LogP contribution in [0, 0.1) is 5.92 Å². The zero-order valence-electron chi connectivity index (χ0n) is 10.9. The first-order valence-corrected chi connectivity index (χ1v) is 7.56. The van der Waals surface area contributed by atoms with Crippen LogP contribution >= 0.6 is 0 Å². The van der Waals surface area contributed by atoms with Gasteiger partial charge in [-0.05, 0) is 24.1 Å². The second-order valence-electron chi connectivity index (χ2n) is 4.54. The van der Waals surface area contributed by atoms with Crippen LogP contribution in [-0.4, -0.2) is 20.6 Å². The lowest BCUT2D eigenvalue weighted by Crippen LogP contribution is -2.34. The van der Waals surface area contributed by atoms with Crippen molar-refractivity contribution in [1.29, 1.82) is 0 Å². The van der Waals surface area contributed by atoms with Crippen molar-refractivity contribution in [2.45, 2.75) is 19.5 Å². The fourth-order valence-electron chi connectivity index (χ4n) is 1.56. The normalized spacial score (nSPS) is 13.8. The van der Waals surface area contributed by atoms with E-state index in [9.17, 15) is 26.4 Å². The van der Waals surface area contributed by atoms with E-state index >= 15 is 0 Å². The molecule has 1 aromatic carbocycles. The molecule has 4 nitrogen and oxygen atoms in total. The number of nitrogens with one attached hydrogen (secondary N) is 1. The molecule has 1 N–H and O–H groups in total. The third kappa shape index (κ3) is 5.20. The topological polar surface area (TPSA) is 63.2 Å². The van der Waals surface area contributed by atoms with E-state index in [1.165, 1.54) is 19.1 Å². The van der Waals surface area contributed by atoms with Gasteiger partial charge in [0.15, 0.2) is 0 Å². The Hall–Kier alpha value is -1.57. The van der Waals surface area contributed by atoms with Gasteiger partial charge in [-0.3, -0.25) is 9.52 Å². The van der Waals surface area contributed by atoms with Crippen molar-refractivity contribution in [3.8, 4) is 0 Å². The molecule has 1 rings (SSSR count). The molecule has 0 radical (unpaired) electrons. The van der Waals surface area contributed by atoms with Gasteiger partial charge in [-0.1, -0.05) is 19.1 Å². The number of hydrogen-bond acceptors (Lipinski definition) is 3. The van der Waals surface area contributed by atoms with Gasteiger partial charge in [0.05, 0.1) is 11.8 Å². The summed E-state index contributed by atoms with van der Waals surface area (Å²) in [5.41, 5.74) is -0.247. The molecule has 0 unspecified atom stereocenters. The molecule has 8 heteroatoms. The molecule has 0 aliphatic rings. The molecule has 20 heavy (non-hydrogen) atoms. The molecule has 1 aromatic rings. The lowest BCUT2D eigenvalue weighted by Gasteiger charge is -2.12. The third-order valence-electron chi connectivity index (χ3n) is 2.56. The first-order chi connectivity index (χ1) is 8.99. The molecule has 1 atom stereocenters. The number of sulfonamides is 1. The van der Waals surface area contributed by atoms with Crippen LogP contribution in [0.3, 0.4) is 0 Å². The minimum absolute atomic E-state index is 0.152. The maximum atomic E-state index is 12.4. The van der Waals surface area contributed by atoms with Gasteiger partial charge in [0.25, 0.3) is 0 Å². The van der Waals surface area contributed by atoms with Gasteiger partial charge in [-0.2, -0.15) is 13.2 Å². The van der Waals surface area contributed by atoms with Gasteiger partial charge < -0.3 is 0 Å². The van der Waals surface area contributed by atoms with E-state index in [1.54, 1.807) is 0 Å². The van der Waals surface area contributed by atoms with Gasteiger partial charge in [0, 0.05) is 5.92 Å². The summed E-state index contributed by atoms with van der Waals surface area (Å²) in [6.45, 7) is 1.50. The molecule has 112 valence electrons. The summed E-state index contributed by atoms with van der Waals surface area (Å²) in [6, 6.07) is 4.40. The van der Waals surface area contributed by atoms with Gasteiger partial charge in [-0.15, -0.1) is 0 Å². The van der Waals surface area contributed by atoms with Gasteiger partial charge in [-0.25, -0.2) is 8.42 Å². The van der Waals surface area contributed by atoms with Crippen molar-refractivity contribution < 1.29 is 26.4 Å². The number of carbonyl (C=O) groups excluding carboxylic acids is 1. The summed E-state index contributed by atoms with van der Waals surface area (Å²) < 4.78 is 60.7. The summed E-state index contributed by atoms with van der Waals surface area (Å²) in [5.74, 6) is -1.35. The monoisotopic (exact) mass is 309 g/mol. The zero-order valence-corrected chi connectivity index (χ0v) is 11.7. The Morgan fingerprint density at radius 1 is 1.25 bits per heavy atom. The average molecular weight is 309 g/mol. The summed E-state index contributed by atoms with van der Waals surface area (Å²) >= 11 is 0. The molecule has 1 amide bonds. The molecule has 0 aliphatic carbocycles. The maximum absolute atomic E-state index is 12.4. The van der Waals surface area contributed by atoms with Crippen LogP contribution in [-0.2, 0) is 27.4 Å². The minimum atomic E-state index is -4.40. The van der Waals surface area contributed by atoms with Crippen LogP contribution in [0.1, 0.15) is 18.1 Å². The Morgan fingerprint density at radius 3 is 2.15 bits per heavy atom. The average Bonchev–Trinajstić information content (AvgIpc) is 2.26. The van der Waals surface area contributed by atoms with Crippen molar-refractivity contribution in [2.75, 3.05) is 6.26 Å². The molecule has 0 bridgehead atoms. The maximum Gasteiger partial charge on any atom is 0.416 e. The standard InChI is InChI=1S/C12H14F3NO3S/c1-8(11(17)16-20(2,18)19)7-9-3-5-10(6-4-9)12(13,14)15/h3-6,8H,7H2,1-2H3,(H,16,17)/t8-/m1/s1. The summed E-state index contributed by atoms with van der Waals surface area (Å²) in [4.78, 5) is 11.5. The Labute approximate surface area is 115 Å². The van der Waals surface area contributed by atoms with Crippen LogP contribution in [0.4, 0.5) is 13.2 Å². The lowest BCUT2D eigenvalue weighted by atomic mass is 9.99. The van der Waals surface area contributed by atoms with Crippen LogP contribution in [0.5, 0.6) is 0 Å². The van der Waals surface area contributed by atoms with Crippen LogP contribution < -0.4 is 4.72 Å². The molecular weight excluding hydrogens is 295 g/mol. The number of alkyl halides is 3. The van der Waals surface area contributed by atoms with Gasteiger partial charge >= 0.3 is 6.18 Å². The highest BCUT2D eigenvalue weighted by Gasteiger charge is 2.30. The van der Waals surface area contributed by atoms with E-state index < -0.39 is 33.6 Å². The summed E-state index contributed by atoms with van der Waals surface area (Å²) in [5, 5.41) is 0. The molecule has 0 saturated carbocycles. The molecule has 0 aromatic heterocycles. The Bertz CT molecular complexity index is 579. The number of amides is 1. The van der Waals surface area contributed by atoms with E-state index in [4.69, 9.17) is 0 Å². The third-order valence-corrected chi connectivity index (χ3v) is 3.13. The smallest absolute Gasteiger partial charge is 0.274 e. The van der Waals surface area contributed by atoms with Crippen molar-refractivity contribution in [3.05, 3.63) is 35.4 Å². The molecule has 0 fully saturated rings. The highest BCUT2D eigenvalue weighted by Crippen LogP contribution is 2.29. The van der Waals surface area contributed by atoms with Crippen molar-refractivity contribution >= 4 is 15.9 Å². The predicted octanol–water partition coefficient (Wildman–Crippen LogP) is 1.96. The highest BCUT2D eigenvalue weighted by molar-refractivity contribution is 7.89.